The van der Waals surface area contributed by atoms with E-state index in [1.54, 1.807) is 11.7 Å². The van der Waals surface area contributed by atoms with Gasteiger partial charge in [-0.3, -0.25) is 10.1 Å². The van der Waals surface area contributed by atoms with Gasteiger partial charge >= 0.3 is 5.69 Å². The van der Waals surface area contributed by atoms with E-state index < -0.39 is 0 Å². The maximum Gasteiger partial charge on any atom is 0.334 e. The van der Waals surface area contributed by atoms with Crippen molar-refractivity contribution in [2.75, 3.05) is 37.8 Å². The quantitative estimate of drug-likeness (QED) is 0.608. The molecular weight excluding hydrogens is 276 g/mol. The first-order valence-electron chi connectivity index (χ1n) is 7.23. The number of aromatic nitrogens is 2. The predicted octanol–water partition coefficient (Wildman–Crippen LogP) is 0.886. The third kappa shape index (κ3) is 2.38. The standard InChI is InChI=1S/C13H20N4O4/c1-3-10-11(17(18)19)12(15(2)14-10)16-5-7-21-13(8-16)4-6-20-9-13/h3-9H2,1-2H3. The molecule has 21 heavy (non-hydrogen) atoms. The number of morpholine rings is 1. The molecule has 0 amide bonds. The molecule has 1 atom stereocenters. The van der Waals surface area contributed by atoms with Gasteiger partial charge in [0.2, 0.25) is 5.82 Å². The van der Waals surface area contributed by atoms with E-state index in [0.29, 0.717) is 50.8 Å². The largest absolute Gasteiger partial charge is 0.378 e. The number of aryl methyl sites for hydroxylation is 2. The van der Waals surface area contributed by atoms with E-state index in [4.69, 9.17) is 9.47 Å². The number of hydrogen-bond acceptors (Lipinski definition) is 6. The minimum Gasteiger partial charge on any atom is -0.378 e. The van der Waals surface area contributed by atoms with Crippen LogP contribution in [0.3, 0.4) is 0 Å². The highest BCUT2D eigenvalue weighted by atomic mass is 16.6. The maximum atomic E-state index is 11.4. The summed E-state index contributed by atoms with van der Waals surface area (Å²) in [5.41, 5.74) is 0.319. The van der Waals surface area contributed by atoms with Crippen LogP contribution >= 0.6 is 0 Å². The topological polar surface area (TPSA) is 82.7 Å². The second-order valence-corrected chi connectivity index (χ2v) is 5.61. The van der Waals surface area contributed by atoms with Gasteiger partial charge in [-0.1, -0.05) is 6.92 Å². The van der Waals surface area contributed by atoms with Gasteiger partial charge in [0.1, 0.15) is 11.3 Å². The van der Waals surface area contributed by atoms with Crippen molar-refractivity contribution in [1.82, 2.24) is 9.78 Å². The van der Waals surface area contributed by atoms with Crippen molar-refractivity contribution in [3.05, 3.63) is 15.8 Å². The van der Waals surface area contributed by atoms with Crippen molar-refractivity contribution in [3.8, 4) is 0 Å². The highest BCUT2D eigenvalue weighted by Gasteiger charge is 2.43. The molecule has 0 N–H and O–H groups in total. The summed E-state index contributed by atoms with van der Waals surface area (Å²) in [5.74, 6) is 0.575. The summed E-state index contributed by atoms with van der Waals surface area (Å²) in [5, 5.41) is 15.7. The van der Waals surface area contributed by atoms with E-state index >= 15 is 0 Å². The van der Waals surface area contributed by atoms with Gasteiger partial charge in [0, 0.05) is 26.6 Å². The van der Waals surface area contributed by atoms with Crippen LogP contribution in [0, 0.1) is 10.1 Å². The lowest BCUT2D eigenvalue weighted by Gasteiger charge is -2.39. The van der Waals surface area contributed by atoms with Crippen molar-refractivity contribution < 1.29 is 14.4 Å². The minimum absolute atomic E-state index is 0.121. The second-order valence-electron chi connectivity index (χ2n) is 5.61. The van der Waals surface area contributed by atoms with E-state index in [0.717, 1.165) is 6.42 Å². The maximum absolute atomic E-state index is 11.4. The number of hydrogen-bond donors (Lipinski definition) is 0. The highest BCUT2D eigenvalue weighted by Crippen LogP contribution is 2.36. The average molecular weight is 296 g/mol. The van der Waals surface area contributed by atoms with Crippen molar-refractivity contribution >= 4 is 11.5 Å². The fourth-order valence-corrected chi connectivity index (χ4v) is 3.19. The van der Waals surface area contributed by atoms with Crippen LogP contribution in [-0.2, 0) is 22.9 Å². The summed E-state index contributed by atoms with van der Waals surface area (Å²) < 4.78 is 13.0. The van der Waals surface area contributed by atoms with Crippen LogP contribution in [0.1, 0.15) is 19.0 Å². The Bertz CT molecular complexity index is 551. The summed E-state index contributed by atoms with van der Waals surface area (Å²) in [7, 11) is 1.76. The Morgan fingerprint density at radius 1 is 1.48 bits per heavy atom. The van der Waals surface area contributed by atoms with Crippen molar-refractivity contribution in [2.45, 2.75) is 25.4 Å². The molecule has 116 valence electrons. The molecule has 1 unspecified atom stereocenters. The van der Waals surface area contributed by atoms with Crippen LogP contribution in [0.25, 0.3) is 0 Å². The van der Waals surface area contributed by atoms with E-state index in [9.17, 15) is 10.1 Å². The van der Waals surface area contributed by atoms with Crippen LogP contribution in [0.4, 0.5) is 11.5 Å². The van der Waals surface area contributed by atoms with Gasteiger partial charge in [0.25, 0.3) is 0 Å². The molecule has 8 heteroatoms. The monoisotopic (exact) mass is 296 g/mol. The third-order valence-corrected chi connectivity index (χ3v) is 4.19. The lowest BCUT2D eigenvalue weighted by Crippen LogP contribution is -2.53. The van der Waals surface area contributed by atoms with Crippen LogP contribution in [0.2, 0.25) is 0 Å². The summed E-state index contributed by atoms with van der Waals surface area (Å²) in [6, 6.07) is 0. The van der Waals surface area contributed by atoms with Crippen LogP contribution in [-0.4, -0.2) is 53.2 Å². The smallest absolute Gasteiger partial charge is 0.334 e. The van der Waals surface area contributed by atoms with Gasteiger partial charge in [0.05, 0.1) is 24.7 Å². The number of ether oxygens (including phenoxy) is 2. The molecule has 3 rings (SSSR count). The van der Waals surface area contributed by atoms with Gasteiger partial charge in [-0.15, -0.1) is 0 Å². The summed E-state index contributed by atoms with van der Waals surface area (Å²) in [6.07, 6.45) is 1.37. The molecule has 2 fully saturated rings. The van der Waals surface area contributed by atoms with Gasteiger partial charge in [0.15, 0.2) is 0 Å². The van der Waals surface area contributed by atoms with Gasteiger partial charge in [-0.05, 0) is 6.42 Å². The summed E-state index contributed by atoms with van der Waals surface area (Å²) in [6.45, 7) is 4.90. The molecular formula is C13H20N4O4. The Morgan fingerprint density at radius 2 is 2.29 bits per heavy atom. The molecule has 1 aromatic heterocycles. The zero-order valence-corrected chi connectivity index (χ0v) is 12.4. The number of nitrogens with zero attached hydrogens (tertiary/aromatic N) is 4. The van der Waals surface area contributed by atoms with Crippen LogP contribution < -0.4 is 4.90 Å². The third-order valence-electron chi connectivity index (χ3n) is 4.19. The van der Waals surface area contributed by atoms with Crippen LogP contribution in [0.5, 0.6) is 0 Å². The lowest BCUT2D eigenvalue weighted by molar-refractivity contribution is -0.384. The lowest BCUT2D eigenvalue weighted by atomic mass is 10.0. The first-order valence-corrected chi connectivity index (χ1v) is 7.23. The molecule has 0 aromatic carbocycles. The molecule has 3 heterocycles. The molecule has 2 aliphatic rings. The first-order chi connectivity index (χ1) is 10.1. The second kappa shape index (κ2) is 5.27. The fraction of sp³-hybridized carbons (Fsp3) is 0.769. The molecule has 2 saturated heterocycles. The van der Waals surface area contributed by atoms with E-state index in [1.165, 1.54) is 0 Å². The van der Waals surface area contributed by atoms with E-state index in [1.807, 2.05) is 11.8 Å². The Hall–Kier alpha value is -1.67. The van der Waals surface area contributed by atoms with Crippen molar-refractivity contribution in [1.29, 1.82) is 0 Å². The van der Waals surface area contributed by atoms with Crippen molar-refractivity contribution in [2.24, 2.45) is 7.05 Å². The SMILES string of the molecule is CCc1nn(C)c(N2CCOC3(CCOC3)C2)c1[N+](=O)[O-]. The molecule has 2 aliphatic heterocycles. The molecule has 0 aliphatic carbocycles. The molecule has 0 bridgehead atoms. The highest BCUT2D eigenvalue weighted by molar-refractivity contribution is 5.62. The Morgan fingerprint density at radius 3 is 2.90 bits per heavy atom. The Labute approximate surface area is 122 Å². The van der Waals surface area contributed by atoms with Gasteiger partial charge in [-0.25, -0.2) is 4.68 Å². The average Bonchev–Trinajstić information content (AvgIpc) is 3.03. The number of anilines is 1. The van der Waals surface area contributed by atoms with Gasteiger partial charge < -0.3 is 14.4 Å². The Kier molecular flexibility index (Phi) is 3.58. The zero-order valence-electron chi connectivity index (χ0n) is 12.4. The predicted molar refractivity (Wildman–Crippen MR) is 75.6 cm³/mol. The zero-order chi connectivity index (χ0) is 15.0. The summed E-state index contributed by atoms with van der Waals surface area (Å²) >= 11 is 0. The molecule has 1 spiro atoms. The fourth-order valence-electron chi connectivity index (χ4n) is 3.19. The number of rotatable bonds is 3. The van der Waals surface area contributed by atoms with Gasteiger partial charge in [-0.2, -0.15) is 5.10 Å². The Balaban J connectivity index is 1.96. The molecule has 0 saturated carbocycles. The van der Waals surface area contributed by atoms with E-state index in [-0.39, 0.29) is 16.2 Å². The van der Waals surface area contributed by atoms with Crippen LogP contribution in [0.15, 0.2) is 0 Å². The minimum atomic E-state index is -0.331. The number of nitro groups is 1. The molecule has 8 nitrogen and oxygen atoms in total. The van der Waals surface area contributed by atoms with E-state index in [2.05, 4.69) is 5.10 Å². The molecule has 0 radical (unpaired) electrons. The normalized spacial score (nSPS) is 25.7. The molecule has 1 aromatic rings. The van der Waals surface area contributed by atoms with Crippen molar-refractivity contribution in [3.63, 3.8) is 0 Å². The first kappa shape index (κ1) is 14.3. The summed E-state index contributed by atoms with van der Waals surface area (Å²) in [4.78, 5) is 13.1.